The van der Waals surface area contributed by atoms with Crippen molar-refractivity contribution < 1.29 is 13.3 Å². The number of benzene rings is 1. The van der Waals surface area contributed by atoms with E-state index >= 15 is 0 Å². The third kappa shape index (κ3) is 2.43. The Kier molecular flexibility index (Phi) is 3.68. The largest absolute Gasteiger partial charge is 0.313 e. The lowest BCUT2D eigenvalue weighted by molar-refractivity contribution is -0.387. The minimum absolute atomic E-state index is 0.0260. The molecule has 1 aliphatic carbocycles. The van der Waals surface area contributed by atoms with Crippen LogP contribution in [0.1, 0.15) is 19.3 Å². The van der Waals surface area contributed by atoms with Crippen LogP contribution in [0, 0.1) is 10.1 Å². The molecule has 1 heterocycles. The van der Waals surface area contributed by atoms with E-state index in [-0.39, 0.29) is 22.7 Å². The summed E-state index contributed by atoms with van der Waals surface area (Å²) in [5.41, 5.74) is -0.353. The fourth-order valence-corrected chi connectivity index (χ4v) is 4.75. The molecule has 2 aliphatic rings. The highest BCUT2D eigenvalue weighted by molar-refractivity contribution is 7.89. The molecule has 2 fully saturated rings. The highest BCUT2D eigenvalue weighted by atomic mass is 32.2. The normalized spacial score (nSPS) is 20.0. The molecule has 21 heavy (non-hydrogen) atoms. The third-order valence-electron chi connectivity index (χ3n) is 4.17. The molecule has 8 heteroatoms. The molecule has 3 rings (SSSR count). The maximum absolute atomic E-state index is 12.9. The van der Waals surface area contributed by atoms with Crippen molar-refractivity contribution >= 4 is 15.7 Å². The zero-order valence-electron chi connectivity index (χ0n) is 11.4. The SMILES string of the molecule is O=[N+]([O-])c1ccccc1S(=O)(=O)N(C1CCC1)C1CNC1. The first-order chi connectivity index (χ1) is 10.0. The van der Waals surface area contributed by atoms with E-state index in [1.807, 2.05) is 0 Å². The molecule has 0 radical (unpaired) electrons. The van der Waals surface area contributed by atoms with E-state index < -0.39 is 14.9 Å². The summed E-state index contributed by atoms with van der Waals surface area (Å²) >= 11 is 0. The van der Waals surface area contributed by atoms with Crippen molar-refractivity contribution in [2.24, 2.45) is 0 Å². The second-order valence-electron chi connectivity index (χ2n) is 5.46. The Morgan fingerprint density at radius 2 is 1.86 bits per heavy atom. The van der Waals surface area contributed by atoms with Crippen LogP contribution in [0.25, 0.3) is 0 Å². The molecule has 7 nitrogen and oxygen atoms in total. The van der Waals surface area contributed by atoms with Gasteiger partial charge in [-0.05, 0) is 18.9 Å². The molecule has 1 aliphatic heterocycles. The van der Waals surface area contributed by atoms with Gasteiger partial charge >= 0.3 is 0 Å². The summed E-state index contributed by atoms with van der Waals surface area (Å²) in [5, 5.41) is 14.2. The molecule has 114 valence electrons. The standard InChI is InChI=1S/C13H17N3O4S/c17-16(18)12-6-1-2-7-13(12)21(19,20)15(10-4-3-5-10)11-8-14-9-11/h1-2,6-7,10-11,14H,3-5,8-9H2. The minimum Gasteiger partial charge on any atom is -0.313 e. The van der Waals surface area contributed by atoms with E-state index in [1.54, 1.807) is 0 Å². The molecular formula is C13H17N3O4S. The van der Waals surface area contributed by atoms with Crippen LogP contribution < -0.4 is 5.32 Å². The minimum atomic E-state index is -3.85. The number of nitro benzene ring substituents is 1. The fourth-order valence-electron chi connectivity index (χ4n) is 2.72. The smallest absolute Gasteiger partial charge is 0.289 e. The second kappa shape index (κ2) is 5.36. The van der Waals surface area contributed by atoms with Crippen LogP contribution in [0.5, 0.6) is 0 Å². The molecule has 0 unspecified atom stereocenters. The van der Waals surface area contributed by atoms with Crippen LogP contribution in [0.3, 0.4) is 0 Å². The monoisotopic (exact) mass is 311 g/mol. The van der Waals surface area contributed by atoms with Crippen molar-refractivity contribution in [1.29, 1.82) is 0 Å². The van der Waals surface area contributed by atoms with E-state index in [1.165, 1.54) is 28.6 Å². The van der Waals surface area contributed by atoms with E-state index in [0.717, 1.165) is 19.3 Å². The number of para-hydroxylation sites is 1. The number of hydrogen-bond acceptors (Lipinski definition) is 5. The van der Waals surface area contributed by atoms with Gasteiger partial charge in [-0.3, -0.25) is 10.1 Å². The van der Waals surface area contributed by atoms with Crippen molar-refractivity contribution in [2.45, 2.75) is 36.2 Å². The summed E-state index contributed by atoms with van der Waals surface area (Å²) in [5.74, 6) is 0. The van der Waals surface area contributed by atoms with Gasteiger partial charge in [-0.1, -0.05) is 18.6 Å². The number of sulfonamides is 1. The van der Waals surface area contributed by atoms with Crippen molar-refractivity contribution in [1.82, 2.24) is 9.62 Å². The van der Waals surface area contributed by atoms with Crippen LogP contribution in [0.2, 0.25) is 0 Å². The zero-order chi connectivity index (χ0) is 15.0. The van der Waals surface area contributed by atoms with E-state index in [9.17, 15) is 18.5 Å². The van der Waals surface area contributed by atoms with Gasteiger partial charge in [-0.2, -0.15) is 4.31 Å². The van der Waals surface area contributed by atoms with Gasteiger partial charge in [0.05, 0.1) is 11.0 Å². The maximum atomic E-state index is 12.9. The molecule has 1 aromatic rings. The number of nitrogens with one attached hydrogen (secondary N) is 1. The van der Waals surface area contributed by atoms with Crippen molar-refractivity contribution in [3.8, 4) is 0 Å². The molecule has 1 aromatic carbocycles. The molecule has 0 spiro atoms. The Bertz CT molecular complexity index is 639. The predicted molar refractivity (Wildman–Crippen MR) is 76.4 cm³/mol. The molecule has 1 saturated carbocycles. The molecule has 0 bridgehead atoms. The molecule has 1 saturated heterocycles. The zero-order valence-corrected chi connectivity index (χ0v) is 12.3. The van der Waals surface area contributed by atoms with Gasteiger partial charge < -0.3 is 5.32 Å². The van der Waals surface area contributed by atoms with Gasteiger partial charge in [0.1, 0.15) is 0 Å². The lowest BCUT2D eigenvalue weighted by Crippen LogP contribution is -2.62. The van der Waals surface area contributed by atoms with Crippen LogP contribution >= 0.6 is 0 Å². The molecule has 0 atom stereocenters. The Morgan fingerprint density at radius 1 is 1.19 bits per heavy atom. The van der Waals surface area contributed by atoms with Gasteiger partial charge in [0, 0.05) is 25.2 Å². The van der Waals surface area contributed by atoms with Crippen LogP contribution in [0.15, 0.2) is 29.2 Å². The summed E-state index contributed by atoms with van der Waals surface area (Å²) in [6.07, 6.45) is 2.67. The van der Waals surface area contributed by atoms with E-state index in [0.29, 0.717) is 13.1 Å². The fraction of sp³-hybridized carbons (Fsp3) is 0.538. The average Bonchev–Trinajstić information content (AvgIpc) is 2.33. The number of hydrogen-bond donors (Lipinski definition) is 1. The summed E-state index contributed by atoms with van der Waals surface area (Å²) in [7, 11) is -3.85. The molecule has 1 N–H and O–H groups in total. The maximum Gasteiger partial charge on any atom is 0.289 e. The van der Waals surface area contributed by atoms with Crippen molar-refractivity contribution in [2.75, 3.05) is 13.1 Å². The number of rotatable bonds is 5. The van der Waals surface area contributed by atoms with Crippen LogP contribution in [0.4, 0.5) is 5.69 Å². The second-order valence-corrected chi connectivity index (χ2v) is 7.27. The topological polar surface area (TPSA) is 92.5 Å². The van der Waals surface area contributed by atoms with Gasteiger partial charge in [0.25, 0.3) is 15.7 Å². The summed E-state index contributed by atoms with van der Waals surface area (Å²) < 4.78 is 27.3. The van der Waals surface area contributed by atoms with Gasteiger partial charge in [0.2, 0.25) is 0 Å². The first-order valence-corrected chi connectivity index (χ1v) is 8.43. The highest BCUT2D eigenvalue weighted by Crippen LogP contribution is 2.35. The van der Waals surface area contributed by atoms with Gasteiger partial charge in [-0.25, -0.2) is 8.42 Å². The Morgan fingerprint density at radius 3 is 2.33 bits per heavy atom. The summed E-state index contributed by atoms with van der Waals surface area (Å²) in [6.45, 7) is 1.22. The first kappa shape index (κ1) is 14.4. The number of nitro groups is 1. The lowest BCUT2D eigenvalue weighted by Gasteiger charge is -2.44. The first-order valence-electron chi connectivity index (χ1n) is 6.99. The quantitative estimate of drug-likeness (QED) is 0.649. The van der Waals surface area contributed by atoms with E-state index in [2.05, 4.69) is 5.32 Å². The Hall–Kier alpha value is -1.51. The Labute approximate surface area is 123 Å². The number of nitrogens with zero attached hydrogens (tertiary/aromatic N) is 2. The van der Waals surface area contributed by atoms with Crippen molar-refractivity contribution in [3.05, 3.63) is 34.4 Å². The summed E-state index contributed by atoms with van der Waals surface area (Å²) in [4.78, 5) is 10.3. The average molecular weight is 311 g/mol. The molecular weight excluding hydrogens is 294 g/mol. The molecule has 0 aromatic heterocycles. The highest BCUT2D eigenvalue weighted by Gasteiger charge is 2.43. The van der Waals surface area contributed by atoms with Crippen molar-refractivity contribution in [3.63, 3.8) is 0 Å². The Balaban J connectivity index is 2.03. The summed E-state index contributed by atoms with van der Waals surface area (Å²) in [6, 6.07) is 5.45. The molecule has 0 amide bonds. The lowest BCUT2D eigenvalue weighted by atomic mass is 9.92. The van der Waals surface area contributed by atoms with Gasteiger partial charge in [-0.15, -0.1) is 0 Å². The van der Waals surface area contributed by atoms with E-state index in [4.69, 9.17) is 0 Å². The third-order valence-corrected chi connectivity index (χ3v) is 6.22. The van der Waals surface area contributed by atoms with Crippen LogP contribution in [-0.4, -0.2) is 42.8 Å². The van der Waals surface area contributed by atoms with Crippen LogP contribution in [-0.2, 0) is 10.0 Å². The predicted octanol–water partition coefficient (Wildman–Crippen LogP) is 1.11. The van der Waals surface area contributed by atoms with Gasteiger partial charge in [0.15, 0.2) is 4.90 Å².